The summed E-state index contributed by atoms with van der Waals surface area (Å²) in [6.45, 7) is 0.369. The Morgan fingerprint density at radius 1 is 1.09 bits per heavy atom. The highest BCUT2D eigenvalue weighted by Gasteiger charge is 2.31. The second-order valence-corrected chi connectivity index (χ2v) is 12.1. The molecule has 0 bridgehead atoms. The molecule has 0 radical (unpaired) electrons. The van der Waals surface area contributed by atoms with Gasteiger partial charge in [0.25, 0.3) is 5.91 Å². The van der Waals surface area contributed by atoms with Crippen LogP contribution in [-0.2, 0) is 15.3 Å². The summed E-state index contributed by atoms with van der Waals surface area (Å²) in [6, 6.07) is 14.8. The van der Waals surface area contributed by atoms with Crippen LogP contribution < -0.4 is 5.32 Å². The first-order chi connectivity index (χ1) is 16.9. The standard InChI is InChI=1S/C23H18Cl2N4O2S4/c24-16-7-3-14(4-8-16)12-18-20(31)29(23(32)34-18)11-1-2-19(30)26-21-27-28-22(35-21)33-13-15-5-9-17(25)10-6-15/h3-10,12H,1-2,11,13H2,(H,26,27,30)/b18-12-. The molecule has 0 saturated carbocycles. The molecule has 2 amide bonds. The van der Waals surface area contributed by atoms with E-state index in [1.165, 1.54) is 28.0 Å². The van der Waals surface area contributed by atoms with E-state index in [0.29, 0.717) is 37.4 Å². The number of thiocarbonyl (C=S) groups is 1. The van der Waals surface area contributed by atoms with Crippen molar-refractivity contribution in [1.29, 1.82) is 0 Å². The Morgan fingerprint density at radius 3 is 2.49 bits per heavy atom. The number of hydrogen-bond donors (Lipinski definition) is 1. The van der Waals surface area contributed by atoms with Gasteiger partial charge in [-0.1, -0.05) is 94.5 Å². The quantitative estimate of drug-likeness (QED) is 0.130. The number of carbonyl (C=O) groups excluding carboxylic acids is 2. The number of halogens is 2. The van der Waals surface area contributed by atoms with Crippen LogP contribution in [0.2, 0.25) is 10.0 Å². The van der Waals surface area contributed by atoms with Gasteiger partial charge in [-0.3, -0.25) is 14.5 Å². The van der Waals surface area contributed by atoms with Crippen LogP contribution in [0.1, 0.15) is 24.0 Å². The Kier molecular flexibility index (Phi) is 9.21. The number of anilines is 1. The summed E-state index contributed by atoms with van der Waals surface area (Å²) in [4.78, 5) is 27.2. The Morgan fingerprint density at radius 2 is 1.77 bits per heavy atom. The zero-order valence-corrected chi connectivity index (χ0v) is 22.8. The highest BCUT2D eigenvalue weighted by Crippen LogP contribution is 2.33. The summed E-state index contributed by atoms with van der Waals surface area (Å²) in [6.07, 6.45) is 2.50. The predicted molar refractivity (Wildman–Crippen MR) is 150 cm³/mol. The molecule has 2 aromatic carbocycles. The largest absolute Gasteiger partial charge is 0.301 e. The van der Waals surface area contributed by atoms with Gasteiger partial charge in [0, 0.05) is 28.8 Å². The van der Waals surface area contributed by atoms with Crippen LogP contribution >= 0.6 is 70.3 Å². The third-order valence-electron chi connectivity index (χ3n) is 4.76. The van der Waals surface area contributed by atoms with Crippen LogP contribution in [0.4, 0.5) is 5.13 Å². The molecule has 1 N–H and O–H groups in total. The van der Waals surface area contributed by atoms with E-state index >= 15 is 0 Å². The highest BCUT2D eigenvalue weighted by atomic mass is 35.5. The molecule has 1 aliphatic rings. The minimum atomic E-state index is -0.183. The molecule has 6 nitrogen and oxygen atoms in total. The van der Waals surface area contributed by atoms with Crippen molar-refractivity contribution >= 4 is 97.6 Å². The number of carbonyl (C=O) groups is 2. The zero-order valence-electron chi connectivity index (χ0n) is 18.1. The minimum Gasteiger partial charge on any atom is -0.301 e. The number of thioether (sulfide) groups is 2. The molecule has 2 heterocycles. The fourth-order valence-corrected chi connectivity index (χ4v) is 6.31. The van der Waals surface area contributed by atoms with E-state index in [4.69, 9.17) is 35.4 Å². The van der Waals surface area contributed by atoms with Crippen molar-refractivity contribution in [3.63, 3.8) is 0 Å². The van der Waals surface area contributed by atoms with Crippen molar-refractivity contribution < 1.29 is 9.59 Å². The van der Waals surface area contributed by atoms with Crippen LogP contribution in [0.15, 0.2) is 57.8 Å². The SMILES string of the molecule is O=C(CCCN1C(=O)/C(=C/c2ccc(Cl)cc2)SC1=S)Nc1nnc(SCc2ccc(Cl)cc2)s1. The van der Waals surface area contributed by atoms with Gasteiger partial charge in [-0.15, -0.1) is 10.2 Å². The van der Waals surface area contributed by atoms with Crippen LogP contribution in [0.3, 0.4) is 0 Å². The van der Waals surface area contributed by atoms with Gasteiger partial charge in [0.2, 0.25) is 11.0 Å². The van der Waals surface area contributed by atoms with Crippen LogP contribution in [0, 0.1) is 0 Å². The molecule has 1 aliphatic heterocycles. The van der Waals surface area contributed by atoms with Gasteiger partial charge in [-0.05, 0) is 47.9 Å². The molecule has 12 heteroatoms. The van der Waals surface area contributed by atoms with Crippen LogP contribution in [0.25, 0.3) is 6.08 Å². The lowest BCUT2D eigenvalue weighted by Crippen LogP contribution is -2.29. The van der Waals surface area contributed by atoms with Gasteiger partial charge in [0.15, 0.2) is 4.34 Å². The maximum absolute atomic E-state index is 12.7. The van der Waals surface area contributed by atoms with Crippen molar-refractivity contribution in [3.05, 3.63) is 74.6 Å². The van der Waals surface area contributed by atoms with Crippen molar-refractivity contribution in [3.8, 4) is 0 Å². The zero-order chi connectivity index (χ0) is 24.8. The van der Waals surface area contributed by atoms with Gasteiger partial charge < -0.3 is 5.32 Å². The van der Waals surface area contributed by atoms with Crippen molar-refractivity contribution in [1.82, 2.24) is 15.1 Å². The Hall–Kier alpha value is -1.95. The number of amides is 2. The average molecular weight is 582 g/mol. The van der Waals surface area contributed by atoms with E-state index in [9.17, 15) is 9.59 Å². The average Bonchev–Trinajstić information content (AvgIpc) is 3.39. The minimum absolute atomic E-state index is 0.151. The molecule has 1 saturated heterocycles. The Balaban J connectivity index is 1.22. The summed E-state index contributed by atoms with van der Waals surface area (Å²) >= 11 is 21.3. The van der Waals surface area contributed by atoms with Gasteiger partial charge in [0.05, 0.1) is 4.91 Å². The van der Waals surface area contributed by atoms with Gasteiger partial charge >= 0.3 is 0 Å². The maximum atomic E-state index is 12.7. The number of benzene rings is 2. The summed E-state index contributed by atoms with van der Waals surface area (Å²) in [5.74, 6) is 0.398. The number of aromatic nitrogens is 2. The molecule has 0 atom stereocenters. The van der Waals surface area contributed by atoms with Gasteiger partial charge in [-0.25, -0.2) is 0 Å². The van der Waals surface area contributed by atoms with Crippen LogP contribution in [-0.4, -0.2) is 37.8 Å². The summed E-state index contributed by atoms with van der Waals surface area (Å²) < 4.78 is 1.25. The van der Waals surface area contributed by atoms with Crippen molar-refractivity contribution in [2.45, 2.75) is 22.9 Å². The topological polar surface area (TPSA) is 75.2 Å². The van der Waals surface area contributed by atoms with E-state index in [0.717, 1.165) is 21.2 Å². The molecule has 1 aromatic heterocycles. The molecular weight excluding hydrogens is 563 g/mol. The van der Waals surface area contributed by atoms with E-state index in [1.807, 2.05) is 36.4 Å². The van der Waals surface area contributed by atoms with Gasteiger partial charge in [-0.2, -0.15) is 0 Å². The highest BCUT2D eigenvalue weighted by molar-refractivity contribution is 8.26. The lowest BCUT2D eigenvalue weighted by atomic mass is 10.2. The predicted octanol–water partition coefficient (Wildman–Crippen LogP) is 6.76. The molecule has 4 rings (SSSR count). The van der Waals surface area contributed by atoms with Gasteiger partial charge in [0.1, 0.15) is 4.32 Å². The number of rotatable bonds is 9. The van der Waals surface area contributed by atoms with Crippen molar-refractivity contribution in [2.75, 3.05) is 11.9 Å². The third-order valence-corrected chi connectivity index (χ3v) is 8.68. The Labute approximate surface area is 230 Å². The summed E-state index contributed by atoms with van der Waals surface area (Å²) in [5, 5.41) is 12.7. The first-order valence-electron chi connectivity index (χ1n) is 10.4. The normalized spacial score (nSPS) is 14.7. The molecule has 3 aromatic rings. The molecular formula is C23H18Cl2N4O2S4. The molecule has 180 valence electrons. The van der Waals surface area contributed by atoms with E-state index in [-0.39, 0.29) is 18.2 Å². The smallest absolute Gasteiger partial charge is 0.266 e. The van der Waals surface area contributed by atoms with E-state index in [1.54, 1.807) is 30.0 Å². The number of nitrogens with one attached hydrogen (secondary N) is 1. The molecule has 0 unspecified atom stereocenters. The summed E-state index contributed by atoms with van der Waals surface area (Å²) in [7, 11) is 0. The van der Waals surface area contributed by atoms with Crippen LogP contribution in [0.5, 0.6) is 0 Å². The lowest BCUT2D eigenvalue weighted by molar-refractivity contribution is -0.122. The molecule has 0 spiro atoms. The van der Waals surface area contributed by atoms with Crippen molar-refractivity contribution in [2.24, 2.45) is 0 Å². The maximum Gasteiger partial charge on any atom is 0.266 e. The molecule has 35 heavy (non-hydrogen) atoms. The fourth-order valence-electron chi connectivity index (χ4n) is 3.03. The lowest BCUT2D eigenvalue weighted by Gasteiger charge is -2.13. The fraction of sp³-hybridized carbons (Fsp3) is 0.174. The first kappa shape index (κ1) is 26.1. The third kappa shape index (κ3) is 7.52. The first-order valence-corrected chi connectivity index (χ1v) is 14.2. The molecule has 1 fully saturated rings. The number of hydrogen-bond acceptors (Lipinski definition) is 8. The van der Waals surface area contributed by atoms with E-state index in [2.05, 4.69) is 15.5 Å². The second-order valence-electron chi connectivity index (χ2n) is 7.32. The monoisotopic (exact) mass is 580 g/mol. The Bertz CT molecular complexity index is 1260. The summed E-state index contributed by atoms with van der Waals surface area (Å²) in [5.41, 5.74) is 2.00. The second kappa shape index (κ2) is 12.3. The number of nitrogens with zero attached hydrogens (tertiary/aromatic N) is 3. The van der Waals surface area contributed by atoms with E-state index < -0.39 is 0 Å². The molecule has 0 aliphatic carbocycles.